The fourth-order valence-corrected chi connectivity index (χ4v) is 2.80. The number of aromatic carboxylic acids is 2. The van der Waals surface area contributed by atoms with Gasteiger partial charge in [0.15, 0.2) is 0 Å². The van der Waals surface area contributed by atoms with Gasteiger partial charge in [-0.1, -0.05) is 24.3 Å². The van der Waals surface area contributed by atoms with E-state index in [1.54, 1.807) is 54.6 Å². The molecule has 28 heavy (non-hydrogen) atoms. The zero-order chi connectivity index (χ0) is 20.3. The SMILES string of the molecule is Nc1ccc2cc(C(=O)O)ccc2c1.Nc1ccc2ccc(C(=O)O)cc2c1. The van der Waals surface area contributed by atoms with E-state index in [1.165, 1.54) is 0 Å². The lowest BCUT2D eigenvalue weighted by atomic mass is 10.1. The first-order chi connectivity index (χ1) is 13.3. The summed E-state index contributed by atoms with van der Waals surface area (Å²) in [4.78, 5) is 21.4. The molecule has 4 rings (SSSR count). The van der Waals surface area contributed by atoms with Crippen LogP contribution in [0.1, 0.15) is 20.7 Å². The van der Waals surface area contributed by atoms with Crippen LogP contribution >= 0.6 is 0 Å². The Bertz CT molecular complexity index is 1200. The normalized spacial score (nSPS) is 10.3. The Balaban J connectivity index is 0.000000161. The van der Waals surface area contributed by atoms with E-state index in [9.17, 15) is 9.59 Å². The highest BCUT2D eigenvalue weighted by atomic mass is 16.4. The maximum Gasteiger partial charge on any atom is 0.335 e. The van der Waals surface area contributed by atoms with Crippen LogP contribution in [-0.2, 0) is 0 Å². The molecule has 140 valence electrons. The van der Waals surface area contributed by atoms with E-state index in [0.717, 1.165) is 21.5 Å². The lowest BCUT2D eigenvalue weighted by molar-refractivity contribution is 0.0686. The molecule has 0 saturated heterocycles. The van der Waals surface area contributed by atoms with Gasteiger partial charge in [-0.05, 0) is 70.1 Å². The zero-order valence-corrected chi connectivity index (χ0v) is 14.8. The molecular weight excluding hydrogens is 356 g/mol. The Labute approximate surface area is 160 Å². The molecule has 6 N–H and O–H groups in total. The highest BCUT2D eigenvalue weighted by Gasteiger charge is 2.04. The van der Waals surface area contributed by atoms with E-state index in [4.69, 9.17) is 21.7 Å². The summed E-state index contributed by atoms with van der Waals surface area (Å²) in [5, 5.41) is 21.2. The van der Waals surface area contributed by atoms with Crippen LogP contribution in [0.5, 0.6) is 0 Å². The van der Waals surface area contributed by atoms with Gasteiger partial charge >= 0.3 is 11.9 Å². The molecule has 0 aliphatic heterocycles. The molecule has 0 radical (unpaired) electrons. The number of fused-ring (bicyclic) bond motifs is 2. The third-order valence-corrected chi connectivity index (χ3v) is 4.22. The predicted octanol–water partition coefficient (Wildman–Crippen LogP) is 4.24. The monoisotopic (exact) mass is 374 g/mol. The quantitative estimate of drug-likeness (QED) is 0.389. The molecule has 0 aliphatic carbocycles. The zero-order valence-electron chi connectivity index (χ0n) is 14.8. The summed E-state index contributed by atoms with van der Waals surface area (Å²) in [5.74, 6) is -1.84. The third kappa shape index (κ3) is 4.19. The second-order valence-corrected chi connectivity index (χ2v) is 6.25. The lowest BCUT2D eigenvalue weighted by Crippen LogP contribution is -1.95. The van der Waals surface area contributed by atoms with Crippen LogP contribution in [0.25, 0.3) is 21.5 Å². The highest BCUT2D eigenvalue weighted by Crippen LogP contribution is 2.19. The minimum absolute atomic E-state index is 0.281. The molecule has 0 saturated carbocycles. The number of carboxylic acid groups (broad SMARTS) is 2. The van der Waals surface area contributed by atoms with Gasteiger partial charge in [0, 0.05) is 11.4 Å². The number of benzene rings is 4. The number of hydrogen-bond acceptors (Lipinski definition) is 4. The van der Waals surface area contributed by atoms with Gasteiger partial charge in [0.2, 0.25) is 0 Å². The Morgan fingerprint density at radius 2 is 0.929 bits per heavy atom. The van der Waals surface area contributed by atoms with Crippen LogP contribution in [0.2, 0.25) is 0 Å². The molecule has 6 heteroatoms. The molecule has 0 unspecified atom stereocenters. The fourth-order valence-electron chi connectivity index (χ4n) is 2.80. The van der Waals surface area contributed by atoms with Gasteiger partial charge in [-0.25, -0.2) is 9.59 Å². The number of carboxylic acids is 2. The van der Waals surface area contributed by atoms with Crippen molar-refractivity contribution >= 4 is 44.9 Å². The van der Waals surface area contributed by atoms with Crippen LogP contribution in [-0.4, -0.2) is 22.2 Å². The number of hydrogen-bond donors (Lipinski definition) is 4. The average molecular weight is 374 g/mol. The highest BCUT2D eigenvalue weighted by molar-refractivity contribution is 5.96. The minimum atomic E-state index is -0.922. The smallest absolute Gasteiger partial charge is 0.335 e. The maximum atomic E-state index is 10.7. The van der Waals surface area contributed by atoms with Gasteiger partial charge in [-0.3, -0.25) is 0 Å². The summed E-state index contributed by atoms with van der Waals surface area (Å²) in [6.07, 6.45) is 0. The van der Waals surface area contributed by atoms with Crippen LogP contribution in [0, 0.1) is 0 Å². The minimum Gasteiger partial charge on any atom is -0.478 e. The molecule has 0 fully saturated rings. The van der Waals surface area contributed by atoms with Crippen LogP contribution in [0.4, 0.5) is 11.4 Å². The lowest BCUT2D eigenvalue weighted by Gasteiger charge is -2.00. The molecule has 4 aromatic carbocycles. The maximum absolute atomic E-state index is 10.7. The van der Waals surface area contributed by atoms with E-state index in [-0.39, 0.29) is 5.56 Å². The molecule has 4 aromatic rings. The van der Waals surface area contributed by atoms with Crippen molar-refractivity contribution in [2.24, 2.45) is 0 Å². The number of nitrogen functional groups attached to an aromatic ring is 2. The molecule has 0 atom stereocenters. The summed E-state index contributed by atoms with van der Waals surface area (Å²) < 4.78 is 0. The molecule has 0 bridgehead atoms. The molecule has 0 amide bonds. The second-order valence-electron chi connectivity index (χ2n) is 6.25. The van der Waals surface area contributed by atoms with Crippen molar-refractivity contribution in [2.45, 2.75) is 0 Å². The summed E-state index contributed by atoms with van der Waals surface area (Å²) in [6.45, 7) is 0. The van der Waals surface area contributed by atoms with Gasteiger partial charge in [0.25, 0.3) is 0 Å². The van der Waals surface area contributed by atoms with Gasteiger partial charge < -0.3 is 21.7 Å². The van der Waals surface area contributed by atoms with E-state index in [1.807, 2.05) is 18.2 Å². The number of rotatable bonds is 2. The molecule has 0 spiro atoms. The first kappa shape index (κ1) is 18.7. The van der Waals surface area contributed by atoms with Crippen molar-refractivity contribution in [1.82, 2.24) is 0 Å². The fraction of sp³-hybridized carbons (Fsp3) is 0. The molecule has 0 aliphatic rings. The van der Waals surface area contributed by atoms with E-state index in [0.29, 0.717) is 16.9 Å². The van der Waals surface area contributed by atoms with Crippen molar-refractivity contribution in [3.63, 3.8) is 0 Å². The Hall–Kier alpha value is -4.06. The summed E-state index contributed by atoms with van der Waals surface area (Å²) in [5.41, 5.74) is 13.1. The van der Waals surface area contributed by atoms with Crippen molar-refractivity contribution in [3.8, 4) is 0 Å². The van der Waals surface area contributed by atoms with Gasteiger partial charge in [-0.2, -0.15) is 0 Å². The van der Waals surface area contributed by atoms with Gasteiger partial charge in [-0.15, -0.1) is 0 Å². The number of nitrogens with two attached hydrogens (primary N) is 2. The molecule has 0 heterocycles. The largest absolute Gasteiger partial charge is 0.478 e. The van der Waals surface area contributed by atoms with E-state index < -0.39 is 11.9 Å². The molecule has 0 aromatic heterocycles. The second kappa shape index (κ2) is 7.67. The number of carbonyl (C=O) groups is 2. The van der Waals surface area contributed by atoms with Gasteiger partial charge in [0.05, 0.1) is 11.1 Å². The Morgan fingerprint density at radius 3 is 1.50 bits per heavy atom. The van der Waals surface area contributed by atoms with Crippen molar-refractivity contribution in [2.75, 3.05) is 11.5 Å². The van der Waals surface area contributed by atoms with Gasteiger partial charge in [0.1, 0.15) is 0 Å². The first-order valence-corrected chi connectivity index (χ1v) is 8.38. The third-order valence-electron chi connectivity index (χ3n) is 4.22. The summed E-state index contributed by atoms with van der Waals surface area (Å²) in [6, 6.07) is 20.8. The predicted molar refractivity (Wildman–Crippen MR) is 111 cm³/mol. The summed E-state index contributed by atoms with van der Waals surface area (Å²) >= 11 is 0. The summed E-state index contributed by atoms with van der Waals surface area (Å²) in [7, 11) is 0. The van der Waals surface area contributed by atoms with Crippen LogP contribution < -0.4 is 11.5 Å². The number of anilines is 2. The topological polar surface area (TPSA) is 127 Å². The van der Waals surface area contributed by atoms with Crippen LogP contribution in [0.15, 0.2) is 72.8 Å². The van der Waals surface area contributed by atoms with Crippen molar-refractivity contribution in [3.05, 3.63) is 83.9 Å². The molecular formula is C22H18N2O4. The Kier molecular flexibility index (Phi) is 5.13. The average Bonchev–Trinajstić information content (AvgIpc) is 2.67. The van der Waals surface area contributed by atoms with Crippen LogP contribution in [0.3, 0.4) is 0 Å². The molecule has 6 nitrogen and oxygen atoms in total. The van der Waals surface area contributed by atoms with E-state index in [2.05, 4.69) is 0 Å². The Morgan fingerprint density at radius 1 is 0.536 bits per heavy atom. The van der Waals surface area contributed by atoms with Crippen molar-refractivity contribution in [1.29, 1.82) is 0 Å². The van der Waals surface area contributed by atoms with E-state index >= 15 is 0 Å². The standard InChI is InChI=1S/2C11H9NO2/c12-10-4-3-7-5-9(11(13)14)2-1-8(7)6-10;12-10-4-3-7-1-2-8(11(13)14)5-9(7)6-10/h2*1-6H,12H2,(H,13,14). The first-order valence-electron chi connectivity index (χ1n) is 8.38. The van der Waals surface area contributed by atoms with Crippen molar-refractivity contribution < 1.29 is 19.8 Å².